The molecule has 0 unspecified atom stereocenters. The minimum Gasteiger partial charge on any atom is -0.454 e. The maximum absolute atomic E-state index is 6.15. The molecule has 112 valence electrons. The number of hydrogen-bond donors (Lipinski definition) is 1. The maximum Gasteiger partial charge on any atom is 0.231 e. The molecule has 6 nitrogen and oxygen atoms in total. The van der Waals surface area contributed by atoms with Gasteiger partial charge in [-0.3, -0.25) is 4.68 Å². The summed E-state index contributed by atoms with van der Waals surface area (Å²) in [5.74, 6) is 1.31. The van der Waals surface area contributed by atoms with Crippen molar-refractivity contribution >= 4 is 17.3 Å². The Balaban J connectivity index is 1.62. The van der Waals surface area contributed by atoms with Gasteiger partial charge in [0.2, 0.25) is 6.79 Å². The highest BCUT2D eigenvalue weighted by Gasteiger charge is 2.18. The van der Waals surface area contributed by atoms with E-state index in [1.807, 2.05) is 23.0 Å². The summed E-state index contributed by atoms with van der Waals surface area (Å²) in [7, 11) is 1.67. The number of benzene rings is 1. The molecule has 1 aromatic heterocycles. The second-order valence-electron chi connectivity index (χ2n) is 4.65. The van der Waals surface area contributed by atoms with E-state index in [-0.39, 0.29) is 6.79 Å². The number of halogens is 1. The number of rotatable bonds is 6. The summed E-state index contributed by atoms with van der Waals surface area (Å²) in [4.78, 5) is 0. The fourth-order valence-electron chi connectivity index (χ4n) is 2.09. The lowest BCUT2D eigenvalue weighted by Crippen LogP contribution is -2.04. The van der Waals surface area contributed by atoms with E-state index in [2.05, 4.69) is 10.4 Å². The Morgan fingerprint density at radius 2 is 2.33 bits per heavy atom. The van der Waals surface area contributed by atoms with E-state index in [1.54, 1.807) is 13.3 Å². The lowest BCUT2D eigenvalue weighted by atomic mass is 10.2. The van der Waals surface area contributed by atoms with E-state index in [0.29, 0.717) is 29.7 Å². The topological polar surface area (TPSA) is 57.5 Å². The second-order valence-corrected chi connectivity index (χ2v) is 5.06. The van der Waals surface area contributed by atoms with Crippen LogP contribution in [-0.4, -0.2) is 30.3 Å². The highest BCUT2D eigenvalue weighted by Crippen LogP contribution is 2.39. The average Bonchev–Trinajstić information content (AvgIpc) is 3.12. The molecule has 1 N–H and O–H groups in total. The molecule has 1 aliphatic rings. The van der Waals surface area contributed by atoms with E-state index < -0.39 is 0 Å². The highest BCUT2D eigenvalue weighted by molar-refractivity contribution is 6.32. The molecule has 0 atom stereocenters. The van der Waals surface area contributed by atoms with Crippen LogP contribution in [0.2, 0.25) is 5.02 Å². The summed E-state index contributed by atoms with van der Waals surface area (Å²) in [5.41, 5.74) is 1.97. The summed E-state index contributed by atoms with van der Waals surface area (Å²) in [6, 6.07) is 3.80. The molecule has 7 heteroatoms. The Bertz CT molecular complexity index is 630. The molecule has 0 spiro atoms. The van der Waals surface area contributed by atoms with Gasteiger partial charge in [-0.05, 0) is 17.7 Å². The molecule has 0 saturated carbocycles. The molecule has 3 rings (SSSR count). The van der Waals surface area contributed by atoms with Crippen molar-refractivity contribution < 1.29 is 14.2 Å². The molecule has 0 aliphatic carbocycles. The molecule has 0 radical (unpaired) electrons. The lowest BCUT2D eigenvalue weighted by molar-refractivity contribution is 0.174. The third kappa shape index (κ3) is 3.22. The van der Waals surface area contributed by atoms with Crippen molar-refractivity contribution in [2.24, 2.45) is 0 Å². The first-order valence-electron chi connectivity index (χ1n) is 6.59. The summed E-state index contributed by atoms with van der Waals surface area (Å²) in [6.07, 6.45) is 3.72. The van der Waals surface area contributed by atoms with Gasteiger partial charge in [-0.1, -0.05) is 11.6 Å². The number of fused-ring (bicyclic) bond motifs is 1. The first-order valence-corrected chi connectivity index (χ1v) is 6.97. The van der Waals surface area contributed by atoms with Crippen molar-refractivity contribution in [2.45, 2.75) is 13.1 Å². The standard InChI is InChI=1S/C14H16ClN3O3/c1-19-3-2-18-8-11(7-17-18)16-6-10-4-12(15)14-13(5-10)20-9-21-14/h4-5,7-8,16H,2-3,6,9H2,1H3. The molecular weight excluding hydrogens is 294 g/mol. The quantitative estimate of drug-likeness (QED) is 0.888. The molecule has 0 amide bonds. The minimum absolute atomic E-state index is 0.220. The molecule has 21 heavy (non-hydrogen) atoms. The highest BCUT2D eigenvalue weighted by atomic mass is 35.5. The maximum atomic E-state index is 6.15. The number of anilines is 1. The number of ether oxygens (including phenoxy) is 3. The molecule has 1 aromatic carbocycles. The van der Waals surface area contributed by atoms with Crippen molar-refractivity contribution in [1.29, 1.82) is 0 Å². The third-order valence-corrected chi connectivity index (χ3v) is 3.42. The molecule has 0 bridgehead atoms. The normalized spacial score (nSPS) is 12.7. The zero-order chi connectivity index (χ0) is 14.7. The van der Waals surface area contributed by atoms with Gasteiger partial charge in [-0.2, -0.15) is 5.10 Å². The Kier molecular flexibility index (Phi) is 4.17. The van der Waals surface area contributed by atoms with Gasteiger partial charge in [0.15, 0.2) is 11.5 Å². The third-order valence-electron chi connectivity index (χ3n) is 3.14. The van der Waals surface area contributed by atoms with Crippen LogP contribution in [0.5, 0.6) is 11.5 Å². The van der Waals surface area contributed by atoms with Gasteiger partial charge in [0.05, 0.1) is 30.1 Å². The van der Waals surface area contributed by atoms with Gasteiger partial charge in [0.25, 0.3) is 0 Å². The number of methoxy groups -OCH3 is 1. The Hall–Kier alpha value is -1.92. The van der Waals surface area contributed by atoms with Crippen LogP contribution in [0.4, 0.5) is 5.69 Å². The summed E-state index contributed by atoms with van der Waals surface area (Å²) >= 11 is 6.15. The molecule has 1 aliphatic heterocycles. The molecular formula is C14H16ClN3O3. The van der Waals surface area contributed by atoms with Crippen molar-refractivity contribution in [1.82, 2.24) is 9.78 Å². The van der Waals surface area contributed by atoms with Gasteiger partial charge < -0.3 is 19.5 Å². The molecule has 0 saturated heterocycles. The van der Waals surface area contributed by atoms with Crippen LogP contribution in [0.3, 0.4) is 0 Å². The number of aromatic nitrogens is 2. The van der Waals surface area contributed by atoms with Crippen LogP contribution in [0.15, 0.2) is 24.5 Å². The first-order chi connectivity index (χ1) is 10.3. The summed E-state index contributed by atoms with van der Waals surface area (Å²) in [5, 5.41) is 8.11. The SMILES string of the molecule is COCCn1cc(NCc2cc(Cl)c3c(c2)OCO3)cn1. The zero-order valence-corrected chi connectivity index (χ0v) is 12.4. The largest absolute Gasteiger partial charge is 0.454 e. The smallest absolute Gasteiger partial charge is 0.231 e. The van der Waals surface area contributed by atoms with Gasteiger partial charge in [-0.15, -0.1) is 0 Å². The lowest BCUT2D eigenvalue weighted by Gasteiger charge is -2.06. The van der Waals surface area contributed by atoms with Crippen molar-refractivity contribution in [3.63, 3.8) is 0 Å². The summed E-state index contributed by atoms with van der Waals surface area (Å²) < 4.78 is 17.5. The van der Waals surface area contributed by atoms with Crippen LogP contribution in [0.1, 0.15) is 5.56 Å². The predicted octanol–water partition coefficient (Wildman–Crippen LogP) is 2.52. The molecule has 2 heterocycles. The monoisotopic (exact) mass is 309 g/mol. The van der Waals surface area contributed by atoms with E-state index >= 15 is 0 Å². The fourth-order valence-corrected chi connectivity index (χ4v) is 2.38. The van der Waals surface area contributed by atoms with Crippen LogP contribution in [-0.2, 0) is 17.8 Å². The molecule has 2 aromatic rings. The van der Waals surface area contributed by atoms with E-state index in [0.717, 1.165) is 17.8 Å². The number of hydrogen-bond acceptors (Lipinski definition) is 5. The Morgan fingerprint density at radius 1 is 1.43 bits per heavy atom. The second kappa shape index (κ2) is 6.24. The van der Waals surface area contributed by atoms with Crippen LogP contribution < -0.4 is 14.8 Å². The van der Waals surface area contributed by atoms with E-state index in [1.165, 1.54) is 0 Å². The van der Waals surface area contributed by atoms with Crippen molar-refractivity contribution in [2.75, 3.05) is 25.8 Å². The Labute approximate surface area is 127 Å². The molecule has 0 fully saturated rings. The van der Waals surface area contributed by atoms with Crippen LogP contribution in [0, 0.1) is 0 Å². The number of nitrogens with one attached hydrogen (secondary N) is 1. The summed E-state index contributed by atoms with van der Waals surface area (Å²) in [6.45, 7) is 2.22. The van der Waals surface area contributed by atoms with E-state index in [9.17, 15) is 0 Å². The Morgan fingerprint density at radius 3 is 3.19 bits per heavy atom. The van der Waals surface area contributed by atoms with Gasteiger partial charge in [-0.25, -0.2) is 0 Å². The number of nitrogens with zero attached hydrogens (tertiary/aromatic N) is 2. The predicted molar refractivity (Wildman–Crippen MR) is 79.0 cm³/mol. The van der Waals surface area contributed by atoms with Crippen LogP contribution in [0.25, 0.3) is 0 Å². The van der Waals surface area contributed by atoms with Gasteiger partial charge >= 0.3 is 0 Å². The van der Waals surface area contributed by atoms with E-state index in [4.69, 9.17) is 25.8 Å². The van der Waals surface area contributed by atoms with Crippen LogP contribution >= 0.6 is 11.6 Å². The zero-order valence-electron chi connectivity index (χ0n) is 11.6. The fraction of sp³-hybridized carbons (Fsp3) is 0.357. The van der Waals surface area contributed by atoms with Crippen molar-refractivity contribution in [3.8, 4) is 11.5 Å². The first kappa shape index (κ1) is 14.0. The minimum atomic E-state index is 0.220. The van der Waals surface area contributed by atoms with Gasteiger partial charge in [0.1, 0.15) is 0 Å². The van der Waals surface area contributed by atoms with Crippen molar-refractivity contribution in [3.05, 3.63) is 35.1 Å². The van der Waals surface area contributed by atoms with Gasteiger partial charge in [0, 0.05) is 19.9 Å². The average molecular weight is 310 g/mol.